The standard InChI is InChI=1S/C22H18N2O3S/c1-15-24-19(14-28-15)13-27-20-9-8-16(11-21(20)26-2)10-18(12-23)22(25)17-6-4-3-5-7-17/h3-11,14H,13H2,1-2H3/b18-10+. The molecule has 1 heterocycles. The second-order valence-electron chi connectivity index (χ2n) is 5.92. The van der Waals surface area contributed by atoms with Crippen LogP contribution in [0.3, 0.4) is 0 Å². The molecule has 140 valence electrons. The molecule has 2 aromatic carbocycles. The quantitative estimate of drug-likeness (QED) is 0.328. The molecule has 0 aliphatic heterocycles. The number of hydrogen-bond donors (Lipinski definition) is 0. The molecule has 0 atom stereocenters. The molecule has 0 bridgehead atoms. The van der Waals surface area contributed by atoms with Crippen LogP contribution in [0.15, 0.2) is 59.5 Å². The molecule has 5 nitrogen and oxygen atoms in total. The smallest absolute Gasteiger partial charge is 0.203 e. The van der Waals surface area contributed by atoms with Crippen LogP contribution in [0.2, 0.25) is 0 Å². The number of carbonyl (C=O) groups excluding carboxylic acids is 1. The topological polar surface area (TPSA) is 72.2 Å². The third-order valence-corrected chi connectivity index (χ3v) is 4.76. The number of aromatic nitrogens is 1. The van der Waals surface area contributed by atoms with E-state index in [2.05, 4.69) is 4.98 Å². The van der Waals surface area contributed by atoms with Gasteiger partial charge in [0.1, 0.15) is 18.2 Å². The van der Waals surface area contributed by atoms with Crippen molar-refractivity contribution in [3.05, 3.63) is 81.3 Å². The minimum absolute atomic E-state index is 0.0554. The first-order valence-electron chi connectivity index (χ1n) is 8.54. The summed E-state index contributed by atoms with van der Waals surface area (Å²) >= 11 is 1.57. The summed E-state index contributed by atoms with van der Waals surface area (Å²) in [6, 6.07) is 16.0. The lowest BCUT2D eigenvalue weighted by atomic mass is 10.0. The average Bonchev–Trinajstić information content (AvgIpc) is 3.16. The average molecular weight is 390 g/mol. The van der Waals surface area contributed by atoms with Gasteiger partial charge in [0.2, 0.25) is 5.78 Å². The van der Waals surface area contributed by atoms with Gasteiger partial charge in [-0.3, -0.25) is 4.79 Å². The summed E-state index contributed by atoms with van der Waals surface area (Å²) < 4.78 is 11.2. The van der Waals surface area contributed by atoms with Gasteiger partial charge in [0.15, 0.2) is 11.5 Å². The van der Waals surface area contributed by atoms with E-state index in [0.29, 0.717) is 29.2 Å². The SMILES string of the molecule is COc1cc(/C=C(\C#N)C(=O)c2ccccc2)ccc1OCc1csc(C)n1. The molecule has 0 aliphatic carbocycles. The second kappa shape index (κ2) is 8.98. The molecule has 0 spiro atoms. The fourth-order valence-electron chi connectivity index (χ4n) is 2.58. The summed E-state index contributed by atoms with van der Waals surface area (Å²) in [5.41, 5.74) is 2.06. The number of methoxy groups -OCH3 is 1. The third-order valence-electron chi connectivity index (χ3n) is 3.94. The molecule has 0 unspecified atom stereocenters. The van der Waals surface area contributed by atoms with Crippen molar-refractivity contribution in [2.45, 2.75) is 13.5 Å². The van der Waals surface area contributed by atoms with Gasteiger partial charge >= 0.3 is 0 Å². The molecule has 0 N–H and O–H groups in total. The molecular formula is C22H18N2O3S. The van der Waals surface area contributed by atoms with E-state index in [0.717, 1.165) is 10.7 Å². The molecule has 0 fully saturated rings. The van der Waals surface area contributed by atoms with E-state index < -0.39 is 0 Å². The highest BCUT2D eigenvalue weighted by atomic mass is 32.1. The molecule has 3 aromatic rings. The Bertz CT molecular complexity index is 1050. The summed E-state index contributed by atoms with van der Waals surface area (Å²) in [5, 5.41) is 12.3. The Morgan fingerprint density at radius 3 is 2.64 bits per heavy atom. The first-order chi connectivity index (χ1) is 13.6. The van der Waals surface area contributed by atoms with E-state index >= 15 is 0 Å². The van der Waals surface area contributed by atoms with Gasteiger partial charge in [-0.25, -0.2) is 4.98 Å². The summed E-state index contributed by atoms with van der Waals surface area (Å²) in [6.45, 7) is 2.28. The van der Waals surface area contributed by atoms with Gasteiger partial charge in [-0.15, -0.1) is 11.3 Å². The van der Waals surface area contributed by atoms with Crippen LogP contribution in [0.1, 0.15) is 26.6 Å². The van der Waals surface area contributed by atoms with E-state index in [9.17, 15) is 10.1 Å². The van der Waals surface area contributed by atoms with E-state index in [1.165, 1.54) is 0 Å². The molecule has 1 aromatic heterocycles. The van der Waals surface area contributed by atoms with Gasteiger partial charge in [-0.05, 0) is 30.7 Å². The highest BCUT2D eigenvalue weighted by Gasteiger charge is 2.13. The summed E-state index contributed by atoms with van der Waals surface area (Å²) in [7, 11) is 1.54. The third kappa shape index (κ3) is 4.64. The lowest BCUT2D eigenvalue weighted by Crippen LogP contribution is -2.02. The van der Waals surface area contributed by atoms with Crippen LogP contribution in [-0.4, -0.2) is 17.9 Å². The number of allylic oxidation sites excluding steroid dienone is 1. The van der Waals surface area contributed by atoms with Gasteiger partial charge in [0.05, 0.1) is 17.8 Å². The Morgan fingerprint density at radius 2 is 2.00 bits per heavy atom. The van der Waals surface area contributed by atoms with Crippen molar-refractivity contribution < 1.29 is 14.3 Å². The summed E-state index contributed by atoms with van der Waals surface area (Å²) in [5.74, 6) is 0.768. The van der Waals surface area contributed by atoms with Gasteiger partial charge in [-0.1, -0.05) is 36.4 Å². The molecular weight excluding hydrogens is 372 g/mol. The van der Waals surface area contributed by atoms with Crippen molar-refractivity contribution in [2.24, 2.45) is 0 Å². The van der Waals surface area contributed by atoms with Crippen LogP contribution in [0.4, 0.5) is 0 Å². The van der Waals surface area contributed by atoms with Crippen molar-refractivity contribution in [1.82, 2.24) is 4.98 Å². The zero-order chi connectivity index (χ0) is 19.9. The second-order valence-corrected chi connectivity index (χ2v) is 6.98. The predicted octanol–water partition coefficient (Wildman–Crippen LogP) is 4.83. The number of rotatable bonds is 7. The van der Waals surface area contributed by atoms with Gasteiger partial charge in [0, 0.05) is 10.9 Å². The maximum atomic E-state index is 12.5. The molecule has 0 saturated carbocycles. The van der Waals surface area contributed by atoms with Crippen molar-refractivity contribution >= 4 is 23.2 Å². The monoisotopic (exact) mass is 390 g/mol. The maximum Gasteiger partial charge on any atom is 0.203 e. The van der Waals surface area contributed by atoms with Crippen LogP contribution in [-0.2, 0) is 6.61 Å². The molecule has 0 saturated heterocycles. The zero-order valence-electron chi connectivity index (χ0n) is 15.5. The normalized spacial score (nSPS) is 11.0. The van der Waals surface area contributed by atoms with Gasteiger partial charge in [0.25, 0.3) is 0 Å². The molecule has 0 radical (unpaired) electrons. The number of benzene rings is 2. The van der Waals surface area contributed by atoms with Gasteiger partial charge in [-0.2, -0.15) is 5.26 Å². The minimum atomic E-state index is -0.318. The van der Waals surface area contributed by atoms with E-state index in [-0.39, 0.29) is 11.4 Å². The number of nitriles is 1. The summed E-state index contributed by atoms with van der Waals surface area (Å²) in [4.78, 5) is 16.9. The number of ketones is 1. The fraction of sp³-hybridized carbons (Fsp3) is 0.136. The Morgan fingerprint density at radius 1 is 1.21 bits per heavy atom. The molecule has 3 rings (SSSR count). The molecule has 0 aliphatic rings. The van der Waals surface area contributed by atoms with Crippen LogP contribution in [0.25, 0.3) is 6.08 Å². The predicted molar refractivity (Wildman–Crippen MR) is 109 cm³/mol. The number of hydrogen-bond acceptors (Lipinski definition) is 6. The van der Waals surface area contributed by atoms with Crippen LogP contribution < -0.4 is 9.47 Å². The van der Waals surface area contributed by atoms with Crippen molar-refractivity contribution in [3.63, 3.8) is 0 Å². The van der Waals surface area contributed by atoms with Crippen molar-refractivity contribution in [2.75, 3.05) is 7.11 Å². The number of aryl methyl sites for hydroxylation is 1. The highest BCUT2D eigenvalue weighted by molar-refractivity contribution is 7.09. The van der Waals surface area contributed by atoms with E-state index in [4.69, 9.17) is 9.47 Å². The van der Waals surface area contributed by atoms with Crippen molar-refractivity contribution in [1.29, 1.82) is 5.26 Å². The minimum Gasteiger partial charge on any atom is -0.493 e. The molecule has 28 heavy (non-hydrogen) atoms. The van der Waals surface area contributed by atoms with Crippen LogP contribution in [0.5, 0.6) is 11.5 Å². The van der Waals surface area contributed by atoms with Crippen LogP contribution >= 0.6 is 11.3 Å². The summed E-state index contributed by atoms with van der Waals surface area (Å²) in [6.07, 6.45) is 1.55. The first kappa shape index (κ1) is 19.3. The number of nitrogens with zero attached hydrogens (tertiary/aromatic N) is 2. The van der Waals surface area contributed by atoms with Gasteiger partial charge < -0.3 is 9.47 Å². The van der Waals surface area contributed by atoms with E-state index in [1.54, 1.807) is 67.0 Å². The maximum absolute atomic E-state index is 12.5. The van der Waals surface area contributed by atoms with Crippen LogP contribution in [0, 0.1) is 18.3 Å². The zero-order valence-corrected chi connectivity index (χ0v) is 16.3. The largest absolute Gasteiger partial charge is 0.493 e. The Balaban J connectivity index is 1.81. The lowest BCUT2D eigenvalue weighted by molar-refractivity contribution is 0.104. The fourth-order valence-corrected chi connectivity index (χ4v) is 3.18. The number of carbonyl (C=O) groups is 1. The Labute approximate surface area is 167 Å². The first-order valence-corrected chi connectivity index (χ1v) is 9.42. The lowest BCUT2D eigenvalue weighted by Gasteiger charge is -2.10. The number of thiazole rings is 1. The molecule has 0 amide bonds. The Kier molecular flexibility index (Phi) is 6.20. The number of ether oxygens (including phenoxy) is 2. The molecule has 6 heteroatoms. The van der Waals surface area contributed by atoms with E-state index in [1.807, 2.05) is 24.4 Å². The van der Waals surface area contributed by atoms with Crippen molar-refractivity contribution in [3.8, 4) is 17.6 Å². The Hall–Kier alpha value is -3.43. The number of Topliss-reactive ketones (excluding diaryl/α,β-unsaturated/α-hetero) is 1. The highest BCUT2D eigenvalue weighted by Crippen LogP contribution is 2.30.